The molecule has 0 aromatic heterocycles. The van der Waals surface area contributed by atoms with Crippen LogP contribution in [0.25, 0.3) is 0 Å². The van der Waals surface area contributed by atoms with Crippen LogP contribution in [0, 0.1) is 5.41 Å². The number of likely N-dealkylation sites (tertiary alicyclic amines) is 1. The molecule has 1 fully saturated rings. The summed E-state index contributed by atoms with van der Waals surface area (Å²) in [7, 11) is 1.81. The second-order valence-corrected chi connectivity index (χ2v) is 6.70. The van der Waals surface area contributed by atoms with Gasteiger partial charge in [-0.15, -0.1) is 0 Å². The molecular weight excluding hydrogens is 238 g/mol. The van der Waals surface area contributed by atoms with E-state index in [0.29, 0.717) is 11.5 Å². The standard InChI is InChI=1S/C15H31N3O/c1-6-14(3)7-9-18(10-8-14)12(2)11-15(4,17-5)13(16)19/h12,17H,6-11H2,1-5H3,(H2,16,19). The lowest BCUT2D eigenvalue weighted by Crippen LogP contribution is -2.56. The number of nitrogens with one attached hydrogen (secondary N) is 1. The number of nitrogens with zero attached hydrogens (tertiary/aromatic N) is 1. The summed E-state index contributed by atoms with van der Waals surface area (Å²) in [5.41, 5.74) is 5.40. The number of piperidine rings is 1. The first-order valence-corrected chi connectivity index (χ1v) is 7.49. The van der Waals surface area contributed by atoms with Crippen molar-refractivity contribution in [3.63, 3.8) is 0 Å². The summed E-state index contributed by atoms with van der Waals surface area (Å²) in [4.78, 5) is 14.1. The van der Waals surface area contributed by atoms with Crippen LogP contribution in [0.5, 0.6) is 0 Å². The van der Waals surface area contributed by atoms with Crippen LogP contribution in [0.1, 0.15) is 53.4 Å². The number of hydrogen-bond donors (Lipinski definition) is 2. The lowest BCUT2D eigenvalue weighted by molar-refractivity contribution is -0.124. The molecule has 2 unspecified atom stereocenters. The Kier molecular flexibility index (Phi) is 5.39. The first-order valence-electron chi connectivity index (χ1n) is 7.49. The summed E-state index contributed by atoms with van der Waals surface area (Å²) in [6, 6.07) is 0.381. The average molecular weight is 269 g/mol. The number of carbonyl (C=O) groups is 1. The first-order chi connectivity index (χ1) is 8.76. The number of primary amides is 1. The highest BCUT2D eigenvalue weighted by Crippen LogP contribution is 2.35. The normalized spacial score (nSPS) is 24.7. The monoisotopic (exact) mass is 269 g/mol. The molecule has 0 saturated carbocycles. The van der Waals surface area contributed by atoms with Crippen LogP contribution in [0.2, 0.25) is 0 Å². The molecule has 3 N–H and O–H groups in total. The SMILES string of the molecule is CCC1(C)CCN(C(C)CC(C)(NC)C(N)=O)CC1. The zero-order chi connectivity index (χ0) is 14.7. The third kappa shape index (κ3) is 3.93. The second kappa shape index (κ2) is 6.23. The van der Waals surface area contributed by atoms with Gasteiger partial charge in [-0.05, 0) is 58.7 Å². The topological polar surface area (TPSA) is 58.4 Å². The van der Waals surface area contributed by atoms with E-state index in [1.54, 1.807) is 0 Å². The Morgan fingerprint density at radius 1 is 1.47 bits per heavy atom. The molecule has 4 heteroatoms. The van der Waals surface area contributed by atoms with Gasteiger partial charge in [0.05, 0.1) is 5.54 Å². The van der Waals surface area contributed by atoms with Crippen LogP contribution in [0.4, 0.5) is 0 Å². The Balaban J connectivity index is 2.56. The number of amides is 1. The van der Waals surface area contributed by atoms with Gasteiger partial charge in [0, 0.05) is 6.04 Å². The molecule has 0 spiro atoms. The Morgan fingerprint density at radius 2 is 2.00 bits per heavy atom. The predicted octanol–water partition coefficient (Wildman–Crippen LogP) is 1.74. The molecular formula is C15H31N3O. The quantitative estimate of drug-likeness (QED) is 0.772. The Morgan fingerprint density at radius 3 is 2.37 bits per heavy atom. The molecule has 0 bridgehead atoms. The molecule has 1 aliphatic heterocycles. The van der Waals surface area contributed by atoms with E-state index < -0.39 is 5.54 Å². The fourth-order valence-corrected chi connectivity index (χ4v) is 2.90. The molecule has 2 atom stereocenters. The van der Waals surface area contributed by atoms with Gasteiger partial charge in [-0.25, -0.2) is 0 Å². The number of hydrogen-bond acceptors (Lipinski definition) is 3. The summed E-state index contributed by atoms with van der Waals surface area (Å²) < 4.78 is 0. The Hall–Kier alpha value is -0.610. The molecule has 0 aromatic rings. The Labute approximate surface area is 118 Å². The third-order valence-electron chi connectivity index (χ3n) is 5.28. The highest BCUT2D eigenvalue weighted by atomic mass is 16.1. The molecule has 1 aliphatic rings. The molecule has 1 amide bonds. The molecule has 112 valence electrons. The van der Waals surface area contributed by atoms with Gasteiger partial charge >= 0.3 is 0 Å². The van der Waals surface area contributed by atoms with Crippen molar-refractivity contribution < 1.29 is 4.79 Å². The number of carbonyl (C=O) groups excluding carboxylic acids is 1. The van der Waals surface area contributed by atoms with Crippen LogP contribution in [0.15, 0.2) is 0 Å². The zero-order valence-electron chi connectivity index (χ0n) is 13.3. The maximum absolute atomic E-state index is 11.6. The van der Waals surface area contributed by atoms with E-state index in [4.69, 9.17) is 5.73 Å². The van der Waals surface area contributed by atoms with Crippen molar-refractivity contribution in [3.8, 4) is 0 Å². The van der Waals surface area contributed by atoms with Crippen LogP contribution in [0.3, 0.4) is 0 Å². The highest BCUT2D eigenvalue weighted by molar-refractivity contribution is 5.84. The minimum atomic E-state index is -0.606. The second-order valence-electron chi connectivity index (χ2n) is 6.70. The van der Waals surface area contributed by atoms with Crippen molar-refractivity contribution in [2.24, 2.45) is 11.1 Å². The average Bonchev–Trinajstić information content (AvgIpc) is 2.39. The fraction of sp³-hybridized carbons (Fsp3) is 0.933. The minimum absolute atomic E-state index is 0.266. The number of rotatable bonds is 6. The minimum Gasteiger partial charge on any atom is -0.368 e. The molecule has 19 heavy (non-hydrogen) atoms. The molecule has 1 saturated heterocycles. The predicted molar refractivity (Wildman–Crippen MR) is 79.9 cm³/mol. The van der Waals surface area contributed by atoms with Crippen molar-refractivity contribution in [3.05, 3.63) is 0 Å². The fourth-order valence-electron chi connectivity index (χ4n) is 2.90. The summed E-state index contributed by atoms with van der Waals surface area (Å²) in [6.07, 6.45) is 4.52. The molecule has 0 aromatic carbocycles. The van der Waals surface area contributed by atoms with Crippen molar-refractivity contribution in [1.82, 2.24) is 10.2 Å². The van der Waals surface area contributed by atoms with Gasteiger partial charge in [0.1, 0.15) is 0 Å². The lowest BCUT2D eigenvalue weighted by atomic mass is 9.77. The van der Waals surface area contributed by atoms with E-state index in [-0.39, 0.29) is 5.91 Å². The molecule has 0 radical (unpaired) electrons. The summed E-state index contributed by atoms with van der Waals surface area (Å²) in [6.45, 7) is 11.0. The van der Waals surface area contributed by atoms with E-state index >= 15 is 0 Å². The summed E-state index contributed by atoms with van der Waals surface area (Å²) >= 11 is 0. The van der Waals surface area contributed by atoms with Gasteiger partial charge in [-0.2, -0.15) is 0 Å². The van der Waals surface area contributed by atoms with E-state index in [1.807, 2.05) is 14.0 Å². The van der Waals surface area contributed by atoms with Crippen molar-refractivity contribution in [1.29, 1.82) is 0 Å². The molecule has 0 aliphatic carbocycles. The molecule has 4 nitrogen and oxygen atoms in total. The summed E-state index contributed by atoms with van der Waals surface area (Å²) in [5, 5.41) is 3.07. The van der Waals surface area contributed by atoms with Gasteiger partial charge in [-0.3, -0.25) is 4.79 Å². The van der Waals surface area contributed by atoms with Crippen LogP contribution >= 0.6 is 0 Å². The van der Waals surface area contributed by atoms with Crippen LogP contribution in [-0.4, -0.2) is 42.5 Å². The van der Waals surface area contributed by atoms with Crippen molar-refractivity contribution in [2.75, 3.05) is 20.1 Å². The Bertz CT molecular complexity index is 311. The van der Waals surface area contributed by atoms with E-state index in [0.717, 1.165) is 19.5 Å². The van der Waals surface area contributed by atoms with Crippen LogP contribution in [-0.2, 0) is 4.79 Å². The van der Waals surface area contributed by atoms with E-state index in [2.05, 4.69) is 31.0 Å². The van der Waals surface area contributed by atoms with Gasteiger partial charge in [-0.1, -0.05) is 20.3 Å². The van der Waals surface area contributed by atoms with Crippen molar-refractivity contribution in [2.45, 2.75) is 65.0 Å². The van der Waals surface area contributed by atoms with Gasteiger partial charge in [0.2, 0.25) is 5.91 Å². The van der Waals surface area contributed by atoms with Crippen molar-refractivity contribution >= 4 is 5.91 Å². The number of nitrogens with two attached hydrogens (primary N) is 1. The third-order valence-corrected chi connectivity index (χ3v) is 5.28. The maximum atomic E-state index is 11.6. The smallest absolute Gasteiger partial charge is 0.237 e. The van der Waals surface area contributed by atoms with E-state index in [9.17, 15) is 4.79 Å². The summed E-state index contributed by atoms with van der Waals surface area (Å²) in [5.74, 6) is -0.266. The number of likely N-dealkylation sites (N-methyl/N-ethyl adjacent to an activating group) is 1. The van der Waals surface area contributed by atoms with Gasteiger partial charge in [0.25, 0.3) is 0 Å². The van der Waals surface area contributed by atoms with E-state index in [1.165, 1.54) is 19.3 Å². The highest BCUT2D eigenvalue weighted by Gasteiger charge is 2.35. The molecule has 1 heterocycles. The van der Waals surface area contributed by atoms with Gasteiger partial charge < -0.3 is 16.0 Å². The first kappa shape index (κ1) is 16.4. The largest absolute Gasteiger partial charge is 0.368 e. The van der Waals surface area contributed by atoms with Gasteiger partial charge in [0.15, 0.2) is 0 Å². The zero-order valence-corrected chi connectivity index (χ0v) is 13.3. The lowest BCUT2D eigenvalue weighted by Gasteiger charge is -2.43. The maximum Gasteiger partial charge on any atom is 0.237 e. The van der Waals surface area contributed by atoms with Crippen LogP contribution < -0.4 is 11.1 Å². The molecule has 1 rings (SSSR count).